The van der Waals surface area contributed by atoms with E-state index >= 15 is 0 Å². The summed E-state index contributed by atoms with van der Waals surface area (Å²) in [5.74, 6) is 0.794. The highest BCUT2D eigenvalue weighted by Crippen LogP contribution is 2.26. The summed E-state index contributed by atoms with van der Waals surface area (Å²) < 4.78 is 12.8. The fourth-order valence-corrected chi connectivity index (χ4v) is 3.12. The Kier molecular flexibility index (Phi) is 3.82. The maximum absolute atomic E-state index is 12.6. The number of carbonyl (C=O) groups is 1. The van der Waals surface area contributed by atoms with E-state index in [0.717, 1.165) is 35.5 Å². The van der Waals surface area contributed by atoms with Crippen molar-refractivity contribution < 1.29 is 13.9 Å². The summed E-state index contributed by atoms with van der Waals surface area (Å²) in [6, 6.07) is 9.75. The number of aryl methyl sites for hydroxylation is 1. The number of para-hydroxylation sites is 1. The number of carbonyl (C=O) groups excluding carboxylic acids is 1. The Morgan fingerprint density at radius 2 is 2.29 bits per heavy atom. The Morgan fingerprint density at radius 3 is 3.08 bits per heavy atom. The Hall–Kier alpha value is -2.60. The molecule has 3 heterocycles. The monoisotopic (exact) mass is 325 g/mol. The summed E-state index contributed by atoms with van der Waals surface area (Å²) in [7, 11) is 1.83. The summed E-state index contributed by atoms with van der Waals surface area (Å²) in [5, 5.41) is 8.42. The SMILES string of the molecule is Cn1cc(C(=O)NCc2cc3ccccc3o2)c(C2CCOC2)n1. The van der Waals surface area contributed by atoms with Gasteiger partial charge in [0.1, 0.15) is 11.3 Å². The van der Waals surface area contributed by atoms with Crippen LogP contribution in [0.25, 0.3) is 11.0 Å². The molecule has 1 unspecified atom stereocenters. The predicted molar refractivity (Wildman–Crippen MR) is 88.8 cm³/mol. The van der Waals surface area contributed by atoms with Crippen LogP contribution in [-0.2, 0) is 18.3 Å². The fraction of sp³-hybridized carbons (Fsp3) is 0.333. The second kappa shape index (κ2) is 6.13. The standard InChI is InChI=1S/C18H19N3O3/c1-21-10-15(17(20-21)13-6-7-23-11-13)18(22)19-9-14-8-12-4-2-3-5-16(12)24-14/h2-5,8,10,13H,6-7,9,11H2,1H3,(H,19,22). The van der Waals surface area contributed by atoms with Crippen LogP contribution >= 0.6 is 0 Å². The molecule has 6 heteroatoms. The lowest BCUT2D eigenvalue weighted by Crippen LogP contribution is -2.24. The molecular formula is C18H19N3O3. The summed E-state index contributed by atoms with van der Waals surface area (Å²) in [5.41, 5.74) is 2.26. The summed E-state index contributed by atoms with van der Waals surface area (Å²) in [6.45, 7) is 1.70. The zero-order valence-electron chi connectivity index (χ0n) is 13.5. The molecule has 1 amide bonds. The lowest BCUT2D eigenvalue weighted by atomic mass is 10.0. The minimum absolute atomic E-state index is 0.134. The summed E-state index contributed by atoms with van der Waals surface area (Å²) in [4.78, 5) is 12.6. The van der Waals surface area contributed by atoms with Crippen LogP contribution in [0, 0.1) is 0 Å². The van der Waals surface area contributed by atoms with Gasteiger partial charge < -0.3 is 14.5 Å². The molecule has 2 aromatic heterocycles. The third-order valence-electron chi connectivity index (χ3n) is 4.32. The van der Waals surface area contributed by atoms with Gasteiger partial charge in [-0.2, -0.15) is 5.10 Å². The van der Waals surface area contributed by atoms with E-state index < -0.39 is 0 Å². The number of nitrogens with one attached hydrogen (secondary N) is 1. The number of benzene rings is 1. The van der Waals surface area contributed by atoms with Crippen molar-refractivity contribution in [3.05, 3.63) is 53.5 Å². The van der Waals surface area contributed by atoms with Crippen molar-refractivity contribution in [2.24, 2.45) is 7.05 Å². The van der Waals surface area contributed by atoms with Gasteiger partial charge in [-0.05, 0) is 18.6 Å². The van der Waals surface area contributed by atoms with Gasteiger partial charge in [-0.3, -0.25) is 9.48 Å². The van der Waals surface area contributed by atoms with E-state index in [0.29, 0.717) is 18.7 Å². The highest BCUT2D eigenvalue weighted by atomic mass is 16.5. The first-order valence-electron chi connectivity index (χ1n) is 8.07. The van der Waals surface area contributed by atoms with Crippen LogP contribution in [0.2, 0.25) is 0 Å². The van der Waals surface area contributed by atoms with Crippen LogP contribution in [0.3, 0.4) is 0 Å². The molecule has 124 valence electrons. The van der Waals surface area contributed by atoms with E-state index in [2.05, 4.69) is 10.4 Å². The molecule has 1 fully saturated rings. The zero-order valence-corrected chi connectivity index (χ0v) is 13.5. The van der Waals surface area contributed by atoms with Gasteiger partial charge in [0.25, 0.3) is 5.91 Å². The third-order valence-corrected chi connectivity index (χ3v) is 4.32. The maximum Gasteiger partial charge on any atom is 0.255 e. The Labute approximate surface area is 139 Å². The van der Waals surface area contributed by atoms with Crippen molar-refractivity contribution >= 4 is 16.9 Å². The van der Waals surface area contributed by atoms with Crippen LogP contribution in [0.1, 0.15) is 34.2 Å². The second-order valence-corrected chi connectivity index (χ2v) is 6.10. The van der Waals surface area contributed by atoms with E-state index in [4.69, 9.17) is 9.15 Å². The van der Waals surface area contributed by atoms with E-state index in [1.54, 1.807) is 10.9 Å². The molecule has 0 saturated carbocycles. The lowest BCUT2D eigenvalue weighted by Gasteiger charge is -2.07. The Morgan fingerprint density at radius 1 is 1.42 bits per heavy atom. The van der Waals surface area contributed by atoms with E-state index in [1.807, 2.05) is 37.4 Å². The number of ether oxygens (including phenoxy) is 1. The van der Waals surface area contributed by atoms with Gasteiger partial charge in [0, 0.05) is 31.2 Å². The molecule has 4 rings (SSSR count). The number of aromatic nitrogens is 2. The van der Waals surface area contributed by atoms with Crippen LogP contribution in [-0.4, -0.2) is 28.9 Å². The van der Waals surface area contributed by atoms with Gasteiger partial charge in [-0.25, -0.2) is 0 Å². The van der Waals surface area contributed by atoms with Crippen LogP contribution in [0.4, 0.5) is 0 Å². The number of amides is 1. The van der Waals surface area contributed by atoms with Crippen molar-refractivity contribution in [2.45, 2.75) is 18.9 Å². The van der Waals surface area contributed by atoms with Gasteiger partial charge in [-0.1, -0.05) is 18.2 Å². The minimum Gasteiger partial charge on any atom is -0.459 e. The molecule has 0 spiro atoms. The number of hydrogen-bond donors (Lipinski definition) is 1. The summed E-state index contributed by atoms with van der Waals surface area (Å²) in [6.07, 6.45) is 2.67. The molecule has 24 heavy (non-hydrogen) atoms. The molecule has 1 aliphatic rings. The first-order valence-corrected chi connectivity index (χ1v) is 8.07. The minimum atomic E-state index is -0.134. The van der Waals surface area contributed by atoms with Crippen LogP contribution in [0.15, 0.2) is 40.9 Å². The first kappa shape index (κ1) is 15.0. The smallest absolute Gasteiger partial charge is 0.255 e. The molecule has 0 aliphatic carbocycles. The molecule has 0 radical (unpaired) electrons. The quantitative estimate of drug-likeness (QED) is 0.800. The van der Waals surface area contributed by atoms with Crippen molar-refractivity contribution in [2.75, 3.05) is 13.2 Å². The van der Waals surface area contributed by atoms with Crippen molar-refractivity contribution in [1.29, 1.82) is 0 Å². The molecule has 6 nitrogen and oxygen atoms in total. The average molecular weight is 325 g/mol. The van der Waals surface area contributed by atoms with Crippen molar-refractivity contribution in [3.63, 3.8) is 0 Å². The topological polar surface area (TPSA) is 69.3 Å². The third kappa shape index (κ3) is 2.80. The molecule has 0 bridgehead atoms. The van der Waals surface area contributed by atoms with Crippen molar-refractivity contribution in [1.82, 2.24) is 15.1 Å². The molecule has 1 aromatic carbocycles. The largest absolute Gasteiger partial charge is 0.459 e. The second-order valence-electron chi connectivity index (χ2n) is 6.10. The molecule has 1 saturated heterocycles. The molecular weight excluding hydrogens is 306 g/mol. The van der Waals surface area contributed by atoms with Gasteiger partial charge in [0.15, 0.2) is 0 Å². The molecule has 1 N–H and O–H groups in total. The molecule has 3 aromatic rings. The van der Waals surface area contributed by atoms with E-state index in [-0.39, 0.29) is 11.8 Å². The maximum atomic E-state index is 12.6. The van der Waals surface area contributed by atoms with Gasteiger partial charge >= 0.3 is 0 Å². The number of furan rings is 1. The van der Waals surface area contributed by atoms with E-state index in [1.165, 1.54) is 0 Å². The normalized spacial score (nSPS) is 17.5. The van der Waals surface area contributed by atoms with Gasteiger partial charge in [-0.15, -0.1) is 0 Å². The number of hydrogen-bond acceptors (Lipinski definition) is 4. The van der Waals surface area contributed by atoms with Crippen LogP contribution in [0.5, 0.6) is 0 Å². The van der Waals surface area contributed by atoms with Crippen LogP contribution < -0.4 is 5.32 Å². The number of rotatable bonds is 4. The van der Waals surface area contributed by atoms with E-state index in [9.17, 15) is 4.79 Å². The van der Waals surface area contributed by atoms with Gasteiger partial charge in [0.05, 0.1) is 24.4 Å². The Bertz CT molecular complexity index is 842. The number of fused-ring (bicyclic) bond motifs is 1. The lowest BCUT2D eigenvalue weighted by molar-refractivity contribution is 0.0946. The first-order chi connectivity index (χ1) is 11.7. The fourth-order valence-electron chi connectivity index (χ4n) is 3.12. The molecule has 1 aliphatic heterocycles. The average Bonchev–Trinajstić information content (AvgIpc) is 3.30. The van der Waals surface area contributed by atoms with Gasteiger partial charge in [0.2, 0.25) is 0 Å². The van der Waals surface area contributed by atoms with Crippen molar-refractivity contribution in [3.8, 4) is 0 Å². The highest BCUT2D eigenvalue weighted by molar-refractivity contribution is 5.95. The highest BCUT2D eigenvalue weighted by Gasteiger charge is 2.26. The molecule has 1 atom stereocenters. The predicted octanol–water partition coefficient (Wildman–Crippen LogP) is 2.60. The summed E-state index contributed by atoms with van der Waals surface area (Å²) >= 11 is 0. The Balaban J connectivity index is 1.50. The zero-order chi connectivity index (χ0) is 16.5. The number of nitrogens with zero attached hydrogens (tertiary/aromatic N) is 2.